The molecule has 1 saturated heterocycles. The van der Waals surface area contributed by atoms with Crippen molar-refractivity contribution >= 4 is 29.1 Å². The lowest BCUT2D eigenvalue weighted by molar-refractivity contribution is -0.383. The van der Waals surface area contributed by atoms with E-state index in [9.17, 15) is 14.9 Å². The highest BCUT2D eigenvalue weighted by Crippen LogP contribution is 2.37. The number of nitrogens with one attached hydrogen (secondary N) is 1. The van der Waals surface area contributed by atoms with E-state index < -0.39 is 11.0 Å². The number of nitro groups is 1. The molecule has 0 bridgehead atoms. The Morgan fingerprint density at radius 3 is 2.55 bits per heavy atom. The van der Waals surface area contributed by atoms with Gasteiger partial charge in [-0.2, -0.15) is 0 Å². The fraction of sp³-hybridized carbons (Fsp3) is 0.421. The molecule has 31 heavy (non-hydrogen) atoms. The van der Waals surface area contributed by atoms with E-state index in [1.54, 1.807) is 34.9 Å². The second-order valence-corrected chi connectivity index (χ2v) is 6.52. The third-order valence-electron chi connectivity index (χ3n) is 4.75. The molecular weight excluding hydrogens is 408 g/mol. The molecule has 166 valence electrons. The van der Waals surface area contributed by atoms with E-state index in [4.69, 9.17) is 14.2 Å². The van der Waals surface area contributed by atoms with E-state index in [2.05, 4.69) is 15.3 Å². The number of aromatic nitrogens is 2. The number of rotatable bonds is 7. The molecule has 12 heteroatoms. The highest BCUT2D eigenvalue weighted by molar-refractivity contribution is 5.77. The molecular formula is C19H24N6O6. The molecule has 1 aromatic carbocycles. The third kappa shape index (κ3) is 4.85. The molecule has 2 heterocycles. The van der Waals surface area contributed by atoms with Crippen LogP contribution in [0.5, 0.6) is 11.5 Å². The normalized spacial score (nSPS) is 13.5. The van der Waals surface area contributed by atoms with Crippen molar-refractivity contribution in [2.24, 2.45) is 0 Å². The van der Waals surface area contributed by atoms with Gasteiger partial charge in [0.25, 0.3) is 0 Å². The van der Waals surface area contributed by atoms with Gasteiger partial charge in [-0.25, -0.2) is 14.8 Å². The van der Waals surface area contributed by atoms with Crippen molar-refractivity contribution in [2.45, 2.75) is 6.92 Å². The van der Waals surface area contributed by atoms with Gasteiger partial charge in [0.05, 0.1) is 31.4 Å². The van der Waals surface area contributed by atoms with Crippen LogP contribution in [-0.4, -0.2) is 72.9 Å². The van der Waals surface area contributed by atoms with Gasteiger partial charge in [0.1, 0.15) is 17.8 Å². The highest BCUT2D eigenvalue weighted by atomic mass is 16.6. The number of carbonyl (C=O) groups is 1. The minimum atomic E-state index is -0.526. The minimum Gasteiger partial charge on any atom is -0.497 e. The molecule has 3 rings (SSSR count). The molecule has 1 aliphatic heterocycles. The van der Waals surface area contributed by atoms with Crippen molar-refractivity contribution in [2.75, 3.05) is 57.2 Å². The van der Waals surface area contributed by atoms with Gasteiger partial charge in [-0.15, -0.1) is 0 Å². The second-order valence-electron chi connectivity index (χ2n) is 6.52. The fourth-order valence-corrected chi connectivity index (χ4v) is 3.22. The van der Waals surface area contributed by atoms with Crippen LogP contribution >= 0.6 is 0 Å². The summed E-state index contributed by atoms with van der Waals surface area (Å²) in [4.78, 5) is 34.9. The number of carbonyl (C=O) groups excluding carboxylic acids is 1. The molecule has 1 aromatic heterocycles. The monoisotopic (exact) mass is 432 g/mol. The number of amides is 1. The van der Waals surface area contributed by atoms with Gasteiger partial charge in [-0.3, -0.25) is 10.1 Å². The number of ether oxygens (including phenoxy) is 3. The van der Waals surface area contributed by atoms with Crippen LogP contribution < -0.4 is 19.7 Å². The van der Waals surface area contributed by atoms with E-state index in [1.807, 2.05) is 0 Å². The Kier molecular flexibility index (Phi) is 6.90. The number of anilines is 3. The number of benzene rings is 1. The Labute approximate surface area is 178 Å². The van der Waals surface area contributed by atoms with Crippen LogP contribution in [0.3, 0.4) is 0 Å². The maximum Gasteiger partial charge on any atom is 0.409 e. The Hall–Kier alpha value is -3.83. The zero-order chi connectivity index (χ0) is 22.4. The van der Waals surface area contributed by atoms with Crippen LogP contribution in [0.1, 0.15) is 6.92 Å². The number of hydrogen-bond donors (Lipinski definition) is 1. The minimum absolute atomic E-state index is 0.0226. The van der Waals surface area contributed by atoms with Crippen molar-refractivity contribution in [3.63, 3.8) is 0 Å². The maximum absolute atomic E-state index is 11.9. The van der Waals surface area contributed by atoms with E-state index >= 15 is 0 Å². The van der Waals surface area contributed by atoms with Gasteiger partial charge in [0.2, 0.25) is 11.6 Å². The van der Waals surface area contributed by atoms with Crippen LogP contribution in [0.25, 0.3) is 0 Å². The Morgan fingerprint density at radius 1 is 1.19 bits per heavy atom. The lowest BCUT2D eigenvalue weighted by Gasteiger charge is -2.34. The van der Waals surface area contributed by atoms with Gasteiger partial charge < -0.3 is 29.3 Å². The molecule has 0 radical (unpaired) electrons. The first-order valence-corrected chi connectivity index (χ1v) is 9.63. The largest absolute Gasteiger partial charge is 0.497 e. The first-order chi connectivity index (χ1) is 15.0. The molecule has 0 unspecified atom stereocenters. The van der Waals surface area contributed by atoms with Gasteiger partial charge in [0.15, 0.2) is 0 Å². The van der Waals surface area contributed by atoms with Crippen molar-refractivity contribution in [1.82, 2.24) is 14.9 Å². The van der Waals surface area contributed by atoms with Gasteiger partial charge >= 0.3 is 11.8 Å². The van der Waals surface area contributed by atoms with E-state index in [0.717, 1.165) is 0 Å². The molecule has 1 N–H and O–H groups in total. The summed E-state index contributed by atoms with van der Waals surface area (Å²) in [5.41, 5.74) is 0.193. The van der Waals surface area contributed by atoms with E-state index in [0.29, 0.717) is 50.0 Å². The lowest BCUT2D eigenvalue weighted by atomic mass is 10.2. The van der Waals surface area contributed by atoms with E-state index in [1.165, 1.54) is 20.5 Å². The zero-order valence-corrected chi connectivity index (χ0v) is 17.5. The molecule has 0 atom stereocenters. The first-order valence-electron chi connectivity index (χ1n) is 9.63. The number of piperazine rings is 1. The Bertz CT molecular complexity index is 947. The SMILES string of the molecule is CCOC(=O)N1CCN(c2ncnc(Nc3cc(OC)ccc3OC)c2[N+](=O)[O-])CC1. The number of hydrogen-bond acceptors (Lipinski definition) is 10. The average molecular weight is 432 g/mol. The Balaban J connectivity index is 1.88. The van der Waals surface area contributed by atoms with Crippen molar-refractivity contribution in [1.29, 1.82) is 0 Å². The van der Waals surface area contributed by atoms with Gasteiger partial charge in [-0.1, -0.05) is 0 Å². The quantitative estimate of drug-likeness (QED) is 0.514. The van der Waals surface area contributed by atoms with Crippen LogP contribution in [0.2, 0.25) is 0 Å². The summed E-state index contributed by atoms with van der Waals surface area (Å²) in [6, 6.07) is 5.05. The van der Waals surface area contributed by atoms with Crippen LogP contribution in [0.15, 0.2) is 24.5 Å². The van der Waals surface area contributed by atoms with Crippen LogP contribution in [0.4, 0.5) is 27.8 Å². The van der Waals surface area contributed by atoms with Gasteiger partial charge in [-0.05, 0) is 19.1 Å². The summed E-state index contributed by atoms with van der Waals surface area (Å²) >= 11 is 0. The van der Waals surface area contributed by atoms with Crippen molar-refractivity contribution in [3.05, 3.63) is 34.6 Å². The predicted molar refractivity (Wildman–Crippen MR) is 112 cm³/mol. The van der Waals surface area contributed by atoms with E-state index in [-0.39, 0.29) is 17.3 Å². The summed E-state index contributed by atoms with van der Waals surface area (Å²) in [5, 5.41) is 14.9. The average Bonchev–Trinajstić information content (AvgIpc) is 2.79. The number of nitrogens with zero attached hydrogens (tertiary/aromatic N) is 5. The van der Waals surface area contributed by atoms with Crippen LogP contribution in [-0.2, 0) is 4.74 Å². The lowest BCUT2D eigenvalue weighted by Crippen LogP contribution is -2.49. The van der Waals surface area contributed by atoms with Crippen molar-refractivity contribution < 1.29 is 23.9 Å². The van der Waals surface area contributed by atoms with Gasteiger partial charge in [0, 0.05) is 32.2 Å². The topological polar surface area (TPSA) is 132 Å². The highest BCUT2D eigenvalue weighted by Gasteiger charge is 2.31. The predicted octanol–water partition coefficient (Wildman–Crippen LogP) is 2.42. The molecule has 0 spiro atoms. The van der Waals surface area contributed by atoms with Crippen molar-refractivity contribution in [3.8, 4) is 11.5 Å². The summed E-state index contributed by atoms with van der Waals surface area (Å²) in [5.74, 6) is 1.22. The smallest absolute Gasteiger partial charge is 0.409 e. The summed E-state index contributed by atoms with van der Waals surface area (Å²) < 4.78 is 15.6. The molecule has 1 aliphatic rings. The summed E-state index contributed by atoms with van der Waals surface area (Å²) in [7, 11) is 3.02. The number of methoxy groups -OCH3 is 2. The summed E-state index contributed by atoms with van der Waals surface area (Å²) in [6.45, 7) is 3.51. The fourth-order valence-electron chi connectivity index (χ4n) is 3.22. The molecule has 12 nitrogen and oxygen atoms in total. The first kappa shape index (κ1) is 21.9. The second kappa shape index (κ2) is 9.78. The standard InChI is InChI=1S/C19H24N6O6/c1-4-31-19(26)24-9-7-23(8-10-24)18-16(25(27)28)17(20-12-21-18)22-14-11-13(29-2)5-6-15(14)30-3/h5-6,11-12H,4,7-10H2,1-3H3,(H,20,21,22). The maximum atomic E-state index is 11.9. The summed E-state index contributed by atoms with van der Waals surface area (Å²) in [6.07, 6.45) is 0.862. The van der Waals surface area contributed by atoms with Crippen LogP contribution in [0, 0.1) is 10.1 Å². The molecule has 0 saturated carbocycles. The third-order valence-corrected chi connectivity index (χ3v) is 4.75. The molecule has 1 amide bonds. The molecule has 2 aromatic rings. The molecule has 0 aliphatic carbocycles. The Morgan fingerprint density at radius 2 is 1.94 bits per heavy atom. The zero-order valence-electron chi connectivity index (χ0n) is 17.5. The molecule has 1 fully saturated rings.